The molecular formula is C19H20N6O3S. The molecular weight excluding hydrogens is 392 g/mol. The van der Waals surface area contributed by atoms with E-state index in [0.29, 0.717) is 12.5 Å². The molecule has 1 unspecified atom stereocenters. The first-order valence-corrected chi connectivity index (χ1v) is 10.3. The van der Waals surface area contributed by atoms with Gasteiger partial charge in [-0.25, -0.2) is 4.98 Å². The minimum Gasteiger partial charge on any atom is -0.454 e. The van der Waals surface area contributed by atoms with Crippen LogP contribution >= 0.6 is 11.5 Å². The molecule has 3 aromatic rings. The average molecular weight is 412 g/mol. The highest BCUT2D eigenvalue weighted by molar-refractivity contribution is 7.09. The number of carbonyl (C=O) groups is 1. The molecule has 1 amide bonds. The first-order valence-electron chi connectivity index (χ1n) is 9.53. The van der Waals surface area contributed by atoms with Gasteiger partial charge in [-0.1, -0.05) is 6.07 Å². The van der Waals surface area contributed by atoms with Crippen LogP contribution in [0.1, 0.15) is 18.4 Å². The van der Waals surface area contributed by atoms with Gasteiger partial charge in [0, 0.05) is 37.0 Å². The van der Waals surface area contributed by atoms with Crippen LogP contribution < -0.4 is 19.7 Å². The van der Waals surface area contributed by atoms with Crippen LogP contribution in [0.25, 0.3) is 5.95 Å². The van der Waals surface area contributed by atoms with Crippen molar-refractivity contribution in [3.63, 3.8) is 0 Å². The van der Waals surface area contributed by atoms with Gasteiger partial charge in [-0.3, -0.25) is 9.36 Å². The van der Waals surface area contributed by atoms with E-state index in [1.165, 1.54) is 11.5 Å². The number of nitrogens with one attached hydrogen (secondary N) is 1. The van der Waals surface area contributed by atoms with Crippen LogP contribution in [-0.2, 0) is 11.2 Å². The fourth-order valence-corrected chi connectivity index (χ4v) is 4.36. The second kappa shape index (κ2) is 7.70. The van der Waals surface area contributed by atoms with Crippen molar-refractivity contribution in [3.05, 3.63) is 42.5 Å². The molecule has 0 spiro atoms. The van der Waals surface area contributed by atoms with Crippen molar-refractivity contribution in [3.8, 4) is 17.4 Å². The number of nitrogens with zero attached hydrogens (tertiary/aromatic N) is 5. The van der Waals surface area contributed by atoms with Gasteiger partial charge in [-0.05, 0) is 37.0 Å². The third kappa shape index (κ3) is 3.63. The maximum absolute atomic E-state index is 12.8. The number of ether oxygens (including phenoxy) is 2. The fraction of sp³-hybridized carbons (Fsp3) is 0.368. The van der Waals surface area contributed by atoms with Gasteiger partial charge in [0.15, 0.2) is 11.5 Å². The molecule has 29 heavy (non-hydrogen) atoms. The van der Waals surface area contributed by atoms with E-state index < -0.39 is 0 Å². The topological polar surface area (TPSA) is 94.4 Å². The standard InChI is InChI=1S/C19H20N6O3S/c26-17(21-6-5-13-3-4-15-16(10-13)28-12-27-15)14-2-1-8-25(14)19-22-18(23-29-19)24-9-7-20-11-24/h3-4,7,9-11,14H,1-2,5-6,8,12H2,(H,21,26). The minimum atomic E-state index is -0.213. The van der Waals surface area contributed by atoms with E-state index in [-0.39, 0.29) is 18.7 Å². The Morgan fingerprint density at radius 3 is 3.14 bits per heavy atom. The van der Waals surface area contributed by atoms with Crippen LogP contribution in [-0.4, -0.2) is 50.7 Å². The van der Waals surface area contributed by atoms with Crippen molar-refractivity contribution in [2.24, 2.45) is 0 Å². The van der Waals surface area contributed by atoms with Crippen LogP contribution in [0.3, 0.4) is 0 Å². The first-order chi connectivity index (χ1) is 14.3. The van der Waals surface area contributed by atoms with Crippen molar-refractivity contribution < 1.29 is 14.3 Å². The Bertz CT molecular complexity index is 1010. The van der Waals surface area contributed by atoms with E-state index in [4.69, 9.17) is 9.47 Å². The van der Waals surface area contributed by atoms with Crippen LogP contribution in [0.15, 0.2) is 36.9 Å². The molecule has 2 aromatic heterocycles. The quantitative estimate of drug-likeness (QED) is 0.659. The van der Waals surface area contributed by atoms with E-state index in [2.05, 4.69) is 19.7 Å². The molecule has 1 saturated heterocycles. The predicted molar refractivity (Wildman–Crippen MR) is 107 cm³/mol. The molecule has 1 atom stereocenters. The first kappa shape index (κ1) is 17.9. The lowest BCUT2D eigenvalue weighted by atomic mass is 10.1. The number of aromatic nitrogens is 4. The Morgan fingerprint density at radius 2 is 2.24 bits per heavy atom. The smallest absolute Gasteiger partial charge is 0.248 e. The summed E-state index contributed by atoms with van der Waals surface area (Å²) in [6, 6.07) is 5.66. The van der Waals surface area contributed by atoms with Gasteiger partial charge in [-0.15, -0.1) is 0 Å². The summed E-state index contributed by atoms with van der Waals surface area (Å²) in [4.78, 5) is 23.4. The molecule has 4 heterocycles. The molecule has 9 nitrogen and oxygen atoms in total. The molecule has 1 aromatic carbocycles. The molecule has 5 rings (SSSR count). The van der Waals surface area contributed by atoms with Gasteiger partial charge in [0.1, 0.15) is 12.4 Å². The summed E-state index contributed by atoms with van der Waals surface area (Å²) in [5, 5.41) is 3.83. The molecule has 1 N–H and O–H groups in total. The Morgan fingerprint density at radius 1 is 1.31 bits per heavy atom. The van der Waals surface area contributed by atoms with Crippen LogP contribution in [0, 0.1) is 0 Å². The summed E-state index contributed by atoms with van der Waals surface area (Å²) in [6.45, 7) is 1.64. The maximum Gasteiger partial charge on any atom is 0.248 e. The highest BCUT2D eigenvalue weighted by Gasteiger charge is 2.32. The number of rotatable bonds is 6. The van der Waals surface area contributed by atoms with Gasteiger partial charge in [-0.2, -0.15) is 9.36 Å². The molecule has 10 heteroatoms. The summed E-state index contributed by atoms with van der Waals surface area (Å²) in [7, 11) is 0. The highest BCUT2D eigenvalue weighted by atomic mass is 32.1. The van der Waals surface area contributed by atoms with Gasteiger partial charge in [0.2, 0.25) is 23.8 Å². The average Bonchev–Trinajstić information content (AvgIpc) is 3.54. The lowest BCUT2D eigenvalue weighted by Gasteiger charge is -2.22. The summed E-state index contributed by atoms with van der Waals surface area (Å²) in [6.07, 6.45) is 7.66. The Hall–Kier alpha value is -3.14. The summed E-state index contributed by atoms with van der Waals surface area (Å²) in [5.74, 6) is 2.14. The number of hydrogen-bond donors (Lipinski definition) is 1. The SMILES string of the molecule is O=C(NCCc1ccc2c(c1)OCO2)C1CCCN1c1nc(-n2ccnc2)ns1. The zero-order valence-electron chi connectivity index (χ0n) is 15.7. The van der Waals surface area contributed by atoms with Crippen LogP contribution in [0.5, 0.6) is 11.5 Å². The molecule has 0 aliphatic carbocycles. The molecule has 150 valence electrons. The van der Waals surface area contributed by atoms with Crippen molar-refractivity contribution >= 4 is 22.6 Å². The van der Waals surface area contributed by atoms with Crippen molar-refractivity contribution in [2.45, 2.75) is 25.3 Å². The monoisotopic (exact) mass is 412 g/mol. The fourth-order valence-electron chi connectivity index (χ4n) is 3.62. The minimum absolute atomic E-state index is 0.0302. The molecule has 1 fully saturated rings. The zero-order chi connectivity index (χ0) is 19.6. The van der Waals surface area contributed by atoms with E-state index in [9.17, 15) is 4.79 Å². The second-order valence-corrected chi connectivity index (χ2v) is 7.66. The number of anilines is 1. The summed E-state index contributed by atoms with van der Waals surface area (Å²) < 4.78 is 16.9. The Labute approximate surface area is 171 Å². The largest absolute Gasteiger partial charge is 0.454 e. The second-order valence-electron chi connectivity index (χ2n) is 6.93. The predicted octanol–water partition coefficient (Wildman–Crippen LogP) is 1.78. The molecule has 2 aliphatic rings. The van der Waals surface area contributed by atoms with Crippen LogP contribution in [0.4, 0.5) is 5.13 Å². The number of fused-ring (bicyclic) bond motifs is 1. The third-order valence-electron chi connectivity index (χ3n) is 5.09. The third-order valence-corrected chi connectivity index (χ3v) is 5.83. The van der Waals surface area contributed by atoms with Gasteiger partial charge in [0.25, 0.3) is 0 Å². The van der Waals surface area contributed by atoms with Gasteiger partial charge < -0.3 is 19.7 Å². The lowest BCUT2D eigenvalue weighted by Crippen LogP contribution is -2.44. The van der Waals surface area contributed by atoms with Crippen LogP contribution in [0.2, 0.25) is 0 Å². The number of imidazole rings is 1. The van der Waals surface area contributed by atoms with E-state index in [1.54, 1.807) is 23.3 Å². The molecule has 0 saturated carbocycles. The Balaban J connectivity index is 1.19. The Kier molecular flexibility index (Phi) is 4.76. The lowest BCUT2D eigenvalue weighted by molar-refractivity contribution is -0.122. The van der Waals surface area contributed by atoms with E-state index in [1.807, 2.05) is 23.1 Å². The zero-order valence-corrected chi connectivity index (χ0v) is 16.5. The van der Waals surface area contributed by atoms with Crippen molar-refractivity contribution in [1.82, 2.24) is 24.2 Å². The highest BCUT2D eigenvalue weighted by Crippen LogP contribution is 2.32. The van der Waals surface area contributed by atoms with Gasteiger partial charge >= 0.3 is 0 Å². The number of hydrogen-bond acceptors (Lipinski definition) is 8. The summed E-state index contributed by atoms with van der Waals surface area (Å²) in [5.41, 5.74) is 1.10. The molecule has 2 aliphatic heterocycles. The van der Waals surface area contributed by atoms with Gasteiger partial charge in [0.05, 0.1) is 0 Å². The summed E-state index contributed by atoms with van der Waals surface area (Å²) >= 11 is 1.31. The normalized spacial score (nSPS) is 17.7. The van der Waals surface area contributed by atoms with E-state index in [0.717, 1.165) is 48.0 Å². The molecule has 0 bridgehead atoms. The van der Waals surface area contributed by atoms with Crippen molar-refractivity contribution in [2.75, 3.05) is 24.8 Å². The van der Waals surface area contributed by atoms with Crippen molar-refractivity contribution in [1.29, 1.82) is 0 Å². The number of benzene rings is 1. The number of carbonyl (C=O) groups excluding carboxylic acids is 1. The number of amides is 1. The maximum atomic E-state index is 12.8. The van der Waals surface area contributed by atoms with E-state index >= 15 is 0 Å². The molecule has 0 radical (unpaired) electrons.